The molecule has 1 aromatic rings. The van der Waals surface area contributed by atoms with E-state index in [1.54, 1.807) is 7.11 Å². The number of rotatable bonds is 9. The maximum absolute atomic E-state index is 12.3. The summed E-state index contributed by atoms with van der Waals surface area (Å²) >= 11 is 0. The molecule has 0 aliphatic rings. The molecule has 0 radical (unpaired) electrons. The van der Waals surface area contributed by atoms with E-state index in [2.05, 4.69) is 32.2 Å². The molecule has 1 aromatic carbocycles. The minimum Gasteiger partial charge on any atom is -0.497 e. The Morgan fingerprint density at radius 1 is 1.30 bits per heavy atom. The molecule has 0 spiro atoms. The second-order valence-corrected chi connectivity index (χ2v) is 6.72. The Kier molecular flexibility index (Phi) is 7.85. The maximum Gasteiger partial charge on any atom is 0.119 e. The van der Waals surface area contributed by atoms with Gasteiger partial charge in [0, 0.05) is 28.3 Å². The molecule has 0 amide bonds. The zero-order valence-electron chi connectivity index (χ0n) is 13.0. The van der Waals surface area contributed by atoms with Crippen LogP contribution in [0.25, 0.3) is 0 Å². The topological polar surface area (TPSA) is 38.3 Å². The van der Waals surface area contributed by atoms with Crippen LogP contribution in [0.4, 0.5) is 0 Å². The number of hydrogen-bond donors (Lipinski definition) is 1. The second-order valence-electron chi connectivity index (χ2n) is 5.17. The van der Waals surface area contributed by atoms with Crippen LogP contribution >= 0.6 is 0 Å². The summed E-state index contributed by atoms with van der Waals surface area (Å²) in [6.45, 7) is 7.24. The highest BCUT2D eigenvalue weighted by Gasteiger charge is 2.16. The standard InChI is InChI=1S/C16H27NO2S/c1-5-13(3)11-20(18)12-16(17-6-2)14-8-7-9-15(10-14)19-4/h7-10,13,16-17H,5-6,11-12H2,1-4H3. The lowest BCUT2D eigenvalue weighted by Crippen LogP contribution is -2.27. The third-order valence-electron chi connectivity index (χ3n) is 3.47. The van der Waals surface area contributed by atoms with Gasteiger partial charge in [-0.05, 0) is 30.2 Å². The third-order valence-corrected chi connectivity index (χ3v) is 5.11. The molecular weight excluding hydrogens is 270 g/mol. The van der Waals surface area contributed by atoms with Gasteiger partial charge in [-0.3, -0.25) is 4.21 Å². The van der Waals surface area contributed by atoms with E-state index >= 15 is 0 Å². The number of hydrogen-bond acceptors (Lipinski definition) is 3. The summed E-state index contributed by atoms with van der Waals surface area (Å²) in [7, 11) is 0.875. The minimum atomic E-state index is -0.794. The first kappa shape index (κ1) is 17.2. The van der Waals surface area contributed by atoms with Gasteiger partial charge in [0.1, 0.15) is 5.75 Å². The van der Waals surface area contributed by atoms with Crippen LogP contribution in [0.1, 0.15) is 38.8 Å². The Morgan fingerprint density at radius 3 is 2.65 bits per heavy atom. The molecule has 0 saturated heterocycles. The fourth-order valence-electron chi connectivity index (χ4n) is 2.07. The highest BCUT2D eigenvalue weighted by atomic mass is 32.2. The molecule has 1 rings (SSSR count). The summed E-state index contributed by atoms with van der Waals surface area (Å²) < 4.78 is 17.5. The lowest BCUT2D eigenvalue weighted by molar-refractivity contribution is 0.413. The highest BCUT2D eigenvalue weighted by molar-refractivity contribution is 7.85. The highest BCUT2D eigenvalue weighted by Crippen LogP contribution is 2.20. The first-order chi connectivity index (χ1) is 9.60. The molecule has 0 aliphatic carbocycles. The Bertz CT molecular complexity index is 423. The monoisotopic (exact) mass is 297 g/mol. The molecule has 4 heteroatoms. The Balaban J connectivity index is 2.74. The van der Waals surface area contributed by atoms with Gasteiger partial charge in [0.15, 0.2) is 0 Å². The first-order valence-corrected chi connectivity index (χ1v) is 8.81. The van der Waals surface area contributed by atoms with Crippen molar-refractivity contribution in [2.75, 3.05) is 25.2 Å². The largest absolute Gasteiger partial charge is 0.497 e. The van der Waals surface area contributed by atoms with Gasteiger partial charge in [-0.15, -0.1) is 0 Å². The molecule has 3 nitrogen and oxygen atoms in total. The fourth-order valence-corrected chi connectivity index (χ4v) is 3.76. The smallest absolute Gasteiger partial charge is 0.119 e. The van der Waals surface area contributed by atoms with Crippen LogP contribution in [-0.4, -0.2) is 29.4 Å². The minimum absolute atomic E-state index is 0.125. The molecule has 0 bridgehead atoms. The summed E-state index contributed by atoms with van der Waals surface area (Å²) in [4.78, 5) is 0. The Morgan fingerprint density at radius 2 is 2.05 bits per heavy atom. The molecule has 3 atom stereocenters. The van der Waals surface area contributed by atoms with Crippen molar-refractivity contribution in [1.82, 2.24) is 5.32 Å². The molecule has 1 N–H and O–H groups in total. The van der Waals surface area contributed by atoms with Crippen molar-refractivity contribution in [3.8, 4) is 5.75 Å². The van der Waals surface area contributed by atoms with Gasteiger partial charge in [-0.1, -0.05) is 39.3 Å². The Labute approximate surface area is 125 Å². The maximum atomic E-state index is 12.3. The van der Waals surface area contributed by atoms with E-state index in [0.717, 1.165) is 30.0 Å². The van der Waals surface area contributed by atoms with Crippen LogP contribution in [-0.2, 0) is 10.8 Å². The van der Waals surface area contributed by atoms with Crippen molar-refractivity contribution in [2.45, 2.75) is 33.2 Å². The normalized spacial score (nSPS) is 15.6. The summed E-state index contributed by atoms with van der Waals surface area (Å²) in [5.74, 6) is 2.80. The molecule has 0 fully saturated rings. The lowest BCUT2D eigenvalue weighted by atomic mass is 10.1. The molecule has 0 aliphatic heterocycles. The van der Waals surface area contributed by atoms with E-state index < -0.39 is 10.8 Å². The van der Waals surface area contributed by atoms with E-state index in [1.807, 2.05) is 18.2 Å². The van der Waals surface area contributed by atoms with Crippen LogP contribution in [0.3, 0.4) is 0 Å². The predicted octanol–water partition coefficient (Wildman–Crippen LogP) is 3.14. The zero-order valence-corrected chi connectivity index (χ0v) is 13.8. The van der Waals surface area contributed by atoms with Gasteiger partial charge in [-0.2, -0.15) is 0 Å². The average molecular weight is 297 g/mol. The van der Waals surface area contributed by atoms with Crippen molar-refractivity contribution in [3.63, 3.8) is 0 Å². The Hall–Kier alpha value is -0.870. The lowest BCUT2D eigenvalue weighted by Gasteiger charge is -2.19. The van der Waals surface area contributed by atoms with Crippen molar-refractivity contribution in [2.24, 2.45) is 5.92 Å². The molecule has 0 heterocycles. The molecule has 0 aromatic heterocycles. The van der Waals surface area contributed by atoms with Crippen LogP contribution in [0, 0.1) is 5.92 Å². The van der Waals surface area contributed by atoms with E-state index in [1.165, 1.54) is 0 Å². The van der Waals surface area contributed by atoms with Crippen molar-refractivity contribution < 1.29 is 8.95 Å². The van der Waals surface area contributed by atoms with Crippen LogP contribution in [0.15, 0.2) is 24.3 Å². The van der Waals surface area contributed by atoms with Crippen molar-refractivity contribution >= 4 is 10.8 Å². The first-order valence-electron chi connectivity index (χ1n) is 7.32. The fraction of sp³-hybridized carbons (Fsp3) is 0.625. The quantitative estimate of drug-likeness (QED) is 0.761. The van der Waals surface area contributed by atoms with Crippen LogP contribution in [0.5, 0.6) is 5.75 Å². The zero-order chi connectivity index (χ0) is 15.0. The van der Waals surface area contributed by atoms with E-state index in [0.29, 0.717) is 11.7 Å². The third kappa shape index (κ3) is 5.63. The predicted molar refractivity (Wildman–Crippen MR) is 86.7 cm³/mol. The van der Waals surface area contributed by atoms with Gasteiger partial charge >= 0.3 is 0 Å². The van der Waals surface area contributed by atoms with Gasteiger partial charge in [-0.25, -0.2) is 0 Å². The van der Waals surface area contributed by atoms with Crippen molar-refractivity contribution in [3.05, 3.63) is 29.8 Å². The average Bonchev–Trinajstić information content (AvgIpc) is 2.46. The van der Waals surface area contributed by atoms with Crippen molar-refractivity contribution in [1.29, 1.82) is 0 Å². The van der Waals surface area contributed by atoms with E-state index in [9.17, 15) is 4.21 Å². The van der Waals surface area contributed by atoms with Gasteiger partial charge in [0.05, 0.1) is 7.11 Å². The van der Waals surface area contributed by atoms with E-state index in [-0.39, 0.29) is 6.04 Å². The summed E-state index contributed by atoms with van der Waals surface area (Å²) in [6.07, 6.45) is 1.08. The molecule has 20 heavy (non-hydrogen) atoms. The summed E-state index contributed by atoms with van der Waals surface area (Å²) in [5.41, 5.74) is 1.14. The number of ether oxygens (including phenoxy) is 1. The number of nitrogens with one attached hydrogen (secondary N) is 1. The molecule has 3 unspecified atom stereocenters. The molecular formula is C16H27NO2S. The summed E-state index contributed by atoms with van der Waals surface area (Å²) in [6, 6.07) is 8.13. The second kappa shape index (κ2) is 9.14. The van der Waals surface area contributed by atoms with Gasteiger partial charge in [0.25, 0.3) is 0 Å². The van der Waals surface area contributed by atoms with Crippen LogP contribution in [0.2, 0.25) is 0 Å². The summed E-state index contributed by atoms with van der Waals surface area (Å²) in [5, 5.41) is 3.42. The molecule has 0 saturated carbocycles. The van der Waals surface area contributed by atoms with Crippen LogP contribution < -0.4 is 10.1 Å². The molecule has 114 valence electrons. The van der Waals surface area contributed by atoms with Gasteiger partial charge < -0.3 is 10.1 Å². The van der Waals surface area contributed by atoms with E-state index in [4.69, 9.17) is 4.74 Å². The SMILES string of the molecule is CCNC(CS(=O)CC(C)CC)c1cccc(OC)c1. The van der Waals surface area contributed by atoms with Gasteiger partial charge in [0.2, 0.25) is 0 Å². The number of benzene rings is 1. The number of methoxy groups -OCH3 is 1.